The first kappa shape index (κ1) is 14.6. The molecule has 0 unspecified atom stereocenters. The zero-order valence-corrected chi connectivity index (χ0v) is 12.7. The highest BCUT2D eigenvalue weighted by atomic mass is 16.7. The van der Waals surface area contributed by atoms with Crippen molar-refractivity contribution in [2.75, 3.05) is 0 Å². The van der Waals surface area contributed by atoms with Gasteiger partial charge in [-0.25, -0.2) is 9.48 Å². The molecule has 8 heteroatoms. The second-order valence-corrected chi connectivity index (χ2v) is 5.88. The van der Waals surface area contributed by atoms with Gasteiger partial charge in [-0.15, -0.1) is 5.10 Å². The Morgan fingerprint density at radius 2 is 1.83 bits per heavy atom. The minimum absolute atomic E-state index is 0.215. The molecule has 8 nitrogen and oxygen atoms in total. The van der Waals surface area contributed by atoms with Gasteiger partial charge in [0.1, 0.15) is 6.54 Å². The van der Waals surface area contributed by atoms with E-state index in [2.05, 4.69) is 10.3 Å². The van der Waals surface area contributed by atoms with Crippen LogP contribution < -0.4 is 0 Å². The molecule has 2 amide bonds. The van der Waals surface area contributed by atoms with Crippen LogP contribution in [0.2, 0.25) is 0 Å². The highest BCUT2D eigenvalue weighted by molar-refractivity contribution is 6.20. The highest BCUT2D eigenvalue weighted by Gasteiger charge is 2.38. The van der Waals surface area contributed by atoms with Crippen LogP contribution in [0.25, 0.3) is 0 Å². The number of imide groups is 1. The lowest BCUT2D eigenvalue weighted by Crippen LogP contribution is -2.34. The monoisotopic (exact) mass is 326 g/mol. The SMILES string of the molecule is O=C(Cn1cc(C2CCC2)nn1)ON1C(=O)c2ccccc2C1=O. The fourth-order valence-electron chi connectivity index (χ4n) is 2.79. The quantitative estimate of drug-likeness (QED) is 0.786. The maximum atomic E-state index is 12.1. The molecule has 0 atom stereocenters. The van der Waals surface area contributed by atoms with Crippen LogP contribution >= 0.6 is 0 Å². The van der Waals surface area contributed by atoms with Crippen LogP contribution in [0.5, 0.6) is 0 Å². The number of rotatable bonds is 4. The average molecular weight is 326 g/mol. The maximum Gasteiger partial charge on any atom is 0.354 e. The summed E-state index contributed by atoms with van der Waals surface area (Å²) in [6.07, 6.45) is 5.04. The molecule has 0 bridgehead atoms. The number of nitrogens with zero attached hydrogens (tertiary/aromatic N) is 4. The van der Waals surface area contributed by atoms with Crippen molar-refractivity contribution in [1.82, 2.24) is 20.1 Å². The van der Waals surface area contributed by atoms with Gasteiger partial charge >= 0.3 is 5.97 Å². The Morgan fingerprint density at radius 1 is 1.17 bits per heavy atom. The molecule has 0 saturated heterocycles. The first-order valence-corrected chi connectivity index (χ1v) is 7.72. The van der Waals surface area contributed by atoms with E-state index in [0.717, 1.165) is 18.5 Å². The molecule has 1 aliphatic carbocycles. The molecule has 1 aromatic heterocycles. The van der Waals surface area contributed by atoms with E-state index >= 15 is 0 Å². The molecule has 1 aromatic carbocycles. The van der Waals surface area contributed by atoms with Gasteiger partial charge in [-0.3, -0.25) is 9.59 Å². The highest BCUT2D eigenvalue weighted by Crippen LogP contribution is 2.34. The second kappa shape index (κ2) is 5.55. The Hall–Kier alpha value is -3.03. The minimum atomic E-state index is -0.755. The van der Waals surface area contributed by atoms with Crippen molar-refractivity contribution in [3.8, 4) is 0 Å². The lowest BCUT2D eigenvalue weighted by atomic mass is 9.83. The van der Waals surface area contributed by atoms with Gasteiger partial charge in [-0.2, -0.15) is 0 Å². The number of hydrogen-bond donors (Lipinski definition) is 0. The topological polar surface area (TPSA) is 94.4 Å². The molecular weight excluding hydrogens is 312 g/mol. The van der Waals surface area contributed by atoms with Crippen LogP contribution in [0.1, 0.15) is 51.6 Å². The van der Waals surface area contributed by atoms with Crippen LogP contribution in [-0.2, 0) is 16.2 Å². The zero-order chi connectivity index (χ0) is 16.7. The average Bonchev–Trinajstić information content (AvgIpc) is 3.05. The van der Waals surface area contributed by atoms with E-state index in [9.17, 15) is 14.4 Å². The molecular formula is C16H14N4O4. The second-order valence-electron chi connectivity index (χ2n) is 5.88. The van der Waals surface area contributed by atoms with Crippen molar-refractivity contribution in [3.05, 3.63) is 47.3 Å². The van der Waals surface area contributed by atoms with Gasteiger partial charge in [0.2, 0.25) is 0 Å². The summed E-state index contributed by atoms with van der Waals surface area (Å²) in [7, 11) is 0. The smallest absolute Gasteiger partial charge is 0.328 e. The van der Waals surface area contributed by atoms with Crippen molar-refractivity contribution in [3.63, 3.8) is 0 Å². The Labute approximate surface area is 137 Å². The molecule has 0 radical (unpaired) electrons. The molecule has 2 heterocycles. The van der Waals surface area contributed by atoms with E-state index in [1.807, 2.05) is 0 Å². The van der Waals surface area contributed by atoms with Gasteiger partial charge in [-0.05, 0) is 25.0 Å². The third-order valence-electron chi connectivity index (χ3n) is 4.32. The molecule has 4 rings (SSSR count). The van der Waals surface area contributed by atoms with Crippen molar-refractivity contribution < 1.29 is 19.2 Å². The zero-order valence-electron chi connectivity index (χ0n) is 12.7. The standard InChI is InChI=1S/C16H14N4O4/c21-14(9-19-8-13(17-18-19)10-4-3-5-10)24-20-15(22)11-6-1-2-7-12(11)16(20)23/h1-2,6-8,10H,3-5,9H2. The summed E-state index contributed by atoms with van der Waals surface area (Å²) in [4.78, 5) is 41.2. The number of hydrogen-bond acceptors (Lipinski definition) is 6. The molecule has 122 valence electrons. The summed E-state index contributed by atoms with van der Waals surface area (Å²) in [5.41, 5.74) is 1.31. The molecule has 1 fully saturated rings. The van der Waals surface area contributed by atoms with Gasteiger partial charge in [-0.1, -0.05) is 28.8 Å². The summed E-state index contributed by atoms with van der Waals surface area (Å²) < 4.78 is 1.36. The number of hydroxylamine groups is 2. The fourth-order valence-corrected chi connectivity index (χ4v) is 2.79. The van der Waals surface area contributed by atoms with E-state index in [1.54, 1.807) is 18.3 Å². The van der Waals surface area contributed by atoms with E-state index in [1.165, 1.54) is 23.2 Å². The van der Waals surface area contributed by atoms with E-state index in [0.29, 0.717) is 11.0 Å². The molecule has 0 spiro atoms. The van der Waals surface area contributed by atoms with Crippen LogP contribution in [-0.4, -0.2) is 37.8 Å². The molecule has 2 aromatic rings. The summed E-state index contributed by atoms with van der Waals surface area (Å²) in [5.74, 6) is -1.63. The third kappa shape index (κ3) is 2.36. The van der Waals surface area contributed by atoms with Crippen molar-refractivity contribution in [2.24, 2.45) is 0 Å². The number of aromatic nitrogens is 3. The van der Waals surface area contributed by atoms with E-state index in [-0.39, 0.29) is 17.7 Å². The third-order valence-corrected chi connectivity index (χ3v) is 4.32. The van der Waals surface area contributed by atoms with Gasteiger partial charge in [0.15, 0.2) is 0 Å². The van der Waals surface area contributed by atoms with Gasteiger partial charge in [0.25, 0.3) is 11.8 Å². The summed E-state index contributed by atoms with van der Waals surface area (Å²) in [5, 5.41) is 8.43. The molecule has 1 saturated carbocycles. The van der Waals surface area contributed by atoms with E-state index < -0.39 is 17.8 Å². The summed E-state index contributed by atoms with van der Waals surface area (Å²) in [6, 6.07) is 6.33. The molecule has 0 N–H and O–H groups in total. The predicted octanol–water partition coefficient (Wildman–Crippen LogP) is 1.30. The normalized spacial score (nSPS) is 16.9. The summed E-state index contributed by atoms with van der Waals surface area (Å²) >= 11 is 0. The summed E-state index contributed by atoms with van der Waals surface area (Å²) in [6.45, 7) is -0.215. The minimum Gasteiger partial charge on any atom is -0.328 e. The van der Waals surface area contributed by atoms with Crippen LogP contribution in [0.15, 0.2) is 30.5 Å². The number of fused-ring (bicyclic) bond motifs is 1. The predicted molar refractivity (Wildman–Crippen MR) is 79.6 cm³/mol. The van der Waals surface area contributed by atoms with Crippen LogP contribution in [0, 0.1) is 0 Å². The van der Waals surface area contributed by atoms with Crippen molar-refractivity contribution in [1.29, 1.82) is 0 Å². The Balaban J connectivity index is 1.42. The first-order chi connectivity index (χ1) is 11.6. The maximum absolute atomic E-state index is 12.1. The van der Waals surface area contributed by atoms with Crippen LogP contribution in [0.4, 0.5) is 0 Å². The number of benzene rings is 1. The van der Waals surface area contributed by atoms with Crippen molar-refractivity contribution >= 4 is 17.8 Å². The van der Waals surface area contributed by atoms with Gasteiger partial charge in [0.05, 0.1) is 16.8 Å². The lowest BCUT2D eigenvalue weighted by molar-refractivity contribution is -0.169. The Bertz CT molecular complexity index is 805. The van der Waals surface area contributed by atoms with Crippen molar-refractivity contribution in [2.45, 2.75) is 31.7 Å². The molecule has 1 aliphatic heterocycles. The number of carbonyl (C=O) groups is 3. The first-order valence-electron chi connectivity index (χ1n) is 7.72. The van der Waals surface area contributed by atoms with Gasteiger partial charge in [0, 0.05) is 12.1 Å². The molecule has 24 heavy (non-hydrogen) atoms. The Kier molecular flexibility index (Phi) is 3.37. The number of carbonyl (C=O) groups excluding carboxylic acids is 3. The van der Waals surface area contributed by atoms with Crippen LogP contribution in [0.3, 0.4) is 0 Å². The molecule has 2 aliphatic rings. The lowest BCUT2D eigenvalue weighted by Gasteiger charge is -2.22. The van der Waals surface area contributed by atoms with E-state index in [4.69, 9.17) is 4.84 Å². The fraction of sp³-hybridized carbons (Fsp3) is 0.312. The largest absolute Gasteiger partial charge is 0.354 e. The van der Waals surface area contributed by atoms with Gasteiger partial charge < -0.3 is 4.84 Å². The number of amides is 2. The Morgan fingerprint density at radius 3 is 2.42 bits per heavy atom.